The zero-order valence-electron chi connectivity index (χ0n) is 15.6. The van der Waals surface area contributed by atoms with Crippen molar-refractivity contribution >= 4 is 23.2 Å². The maximum Gasteiger partial charge on any atom is 0.215 e. The lowest BCUT2D eigenvalue weighted by Gasteiger charge is -2.31. The Morgan fingerprint density at radius 3 is 2.72 bits per heavy atom. The van der Waals surface area contributed by atoms with E-state index in [4.69, 9.17) is 37.4 Å². The normalized spacial score (nSPS) is 22.7. The zero-order valence-corrected chi connectivity index (χ0v) is 17.1. The summed E-state index contributed by atoms with van der Waals surface area (Å²) < 4.78 is 33.5. The molecule has 0 spiro atoms. The Morgan fingerprint density at radius 2 is 2.07 bits per heavy atom. The van der Waals surface area contributed by atoms with Crippen LogP contribution in [0.1, 0.15) is 17.2 Å². The molecule has 0 N–H and O–H groups in total. The molecular formula is C21H19Cl2FN2O3. The van der Waals surface area contributed by atoms with Crippen molar-refractivity contribution in [2.45, 2.75) is 24.5 Å². The molecule has 0 saturated carbocycles. The van der Waals surface area contributed by atoms with Gasteiger partial charge in [-0.3, -0.25) is 0 Å². The summed E-state index contributed by atoms with van der Waals surface area (Å²) in [6, 6.07) is 11.3. The minimum Gasteiger partial charge on any atom is -0.374 e. The van der Waals surface area contributed by atoms with Crippen LogP contribution in [0.2, 0.25) is 10.0 Å². The quantitative estimate of drug-likeness (QED) is 0.546. The number of hydrogen-bond donors (Lipinski definition) is 0. The number of benzene rings is 2. The fourth-order valence-electron chi connectivity index (χ4n) is 3.56. The van der Waals surface area contributed by atoms with Gasteiger partial charge in [0, 0.05) is 30.1 Å². The van der Waals surface area contributed by atoms with Crippen LogP contribution in [0.25, 0.3) is 0 Å². The monoisotopic (exact) mass is 436 g/mol. The lowest BCUT2D eigenvalue weighted by molar-refractivity contribution is -0.198. The van der Waals surface area contributed by atoms with Crippen LogP contribution in [0.15, 0.2) is 61.2 Å². The third-order valence-electron chi connectivity index (χ3n) is 4.90. The van der Waals surface area contributed by atoms with Crippen LogP contribution in [-0.4, -0.2) is 29.4 Å². The van der Waals surface area contributed by atoms with Gasteiger partial charge in [0.25, 0.3) is 0 Å². The number of halogens is 3. The lowest BCUT2D eigenvalue weighted by atomic mass is 10.0. The summed E-state index contributed by atoms with van der Waals surface area (Å²) in [7, 11) is 1.59. The van der Waals surface area contributed by atoms with E-state index in [1.54, 1.807) is 50.0 Å². The van der Waals surface area contributed by atoms with Crippen LogP contribution < -0.4 is 0 Å². The molecule has 1 unspecified atom stereocenters. The standard InChI is InChI=1S/C21H19Cl2FN2O3/c1-27-20(14-2-5-16(24)6-3-14)19-11-28-21(29-19,12-26-9-8-25-13-26)17-7-4-15(22)10-18(17)23/h2-10,13,19-20H,11-12H2,1H3/t19-,20?,21+/m0/s1. The second-order valence-corrected chi connectivity index (χ2v) is 7.63. The van der Waals surface area contributed by atoms with Gasteiger partial charge in [0.15, 0.2) is 0 Å². The highest BCUT2D eigenvalue weighted by molar-refractivity contribution is 6.35. The lowest BCUT2D eigenvalue weighted by Crippen LogP contribution is -2.34. The summed E-state index contributed by atoms with van der Waals surface area (Å²) >= 11 is 12.6. The van der Waals surface area contributed by atoms with Crippen molar-refractivity contribution in [2.75, 3.05) is 13.7 Å². The van der Waals surface area contributed by atoms with Crippen LogP contribution in [0.4, 0.5) is 4.39 Å². The molecule has 2 heterocycles. The van der Waals surface area contributed by atoms with E-state index in [-0.39, 0.29) is 12.4 Å². The Hall–Kier alpha value is -1.96. The van der Waals surface area contributed by atoms with Gasteiger partial charge in [0.2, 0.25) is 5.79 Å². The van der Waals surface area contributed by atoms with Crippen molar-refractivity contribution in [3.8, 4) is 0 Å². The van der Waals surface area contributed by atoms with Gasteiger partial charge in [-0.05, 0) is 29.8 Å². The molecular weight excluding hydrogens is 418 g/mol. The van der Waals surface area contributed by atoms with Crippen LogP contribution >= 0.6 is 23.2 Å². The van der Waals surface area contributed by atoms with Crippen LogP contribution in [-0.2, 0) is 26.5 Å². The van der Waals surface area contributed by atoms with Crippen molar-refractivity contribution < 1.29 is 18.6 Å². The second kappa shape index (κ2) is 8.42. The Balaban J connectivity index is 1.68. The first-order chi connectivity index (χ1) is 14.0. The van der Waals surface area contributed by atoms with E-state index in [0.29, 0.717) is 22.2 Å². The van der Waals surface area contributed by atoms with Gasteiger partial charge < -0.3 is 18.8 Å². The summed E-state index contributed by atoms with van der Waals surface area (Å²) in [6.45, 7) is 0.605. The molecule has 29 heavy (non-hydrogen) atoms. The van der Waals surface area contributed by atoms with Gasteiger partial charge in [-0.25, -0.2) is 9.37 Å². The molecule has 152 valence electrons. The second-order valence-electron chi connectivity index (χ2n) is 6.79. The number of imidazole rings is 1. The first kappa shape index (κ1) is 20.3. The Labute approximate surface area is 177 Å². The number of aromatic nitrogens is 2. The molecule has 0 aliphatic carbocycles. The summed E-state index contributed by atoms with van der Waals surface area (Å²) in [6.07, 6.45) is 4.31. The van der Waals surface area contributed by atoms with Gasteiger partial charge in [0.1, 0.15) is 18.0 Å². The summed E-state index contributed by atoms with van der Waals surface area (Å²) in [5, 5.41) is 0.959. The fourth-order valence-corrected chi connectivity index (χ4v) is 4.11. The van der Waals surface area contributed by atoms with Crippen molar-refractivity contribution in [3.63, 3.8) is 0 Å². The number of nitrogens with zero attached hydrogens (tertiary/aromatic N) is 2. The molecule has 0 bridgehead atoms. The predicted octanol–water partition coefficient (Wildman–Crippen LogP) is 4.99. The van der Waals surface area contributed by atoms with Gasteiger partial charge in [-0.2, -0.15) is 0 Å². The molecule has 1 aliphatic heterocycles. The smallest absolute Gasteiger partial charge is 0.215 e. The van der Waals surface area contributed by atoms with Crippen LogP contribution in [0.5, 0.6) is 0 Å². The maximum atomic E-state index is 13.3. The fraction of sp³-hybridized carbons (Fsp3) is 0.286. The highest BCUT2D eigenvalue weighted by Gasteiger charge is 2.47. The van der Waals surface area contributed by atoms with E-state index in [9.17, 15) is 4.39 Å². The summed E-state index contributed by atoms with van der Waals surface area (Å²) in [5.41, 5.74) is 1.46. The van der Waals surface area contributed by atoms with E-state index in [1.807, 2.05) is 10.8 Å². The zero-order chi connectivity index (χ0) is 20.4. The van der Waals surface area contributed by atoms with Crippen LogP contribution in [0, 0.1) is 5.82 Å². The number of ether oxygens (including phenoxy) is 3. The average molecular weight is 437 g/mol. The number of rotatable bonds is 6. The Bertz CT molecular complexity index is 969. The van der Waals surface area contributed by atoms with E-state index in [2.05, 4.69) is 4.98 Å². The first-order valence-corrected chi connectivity index (χ1v) is 9.78. The molecule has 1 aliphatic rings. The van der Waals surface area contributed by atoms with Crippen molar-refractivity contribution in [3.05, 3.63) is 88.2 Å². The van der Waals surface area contributed by atoms with Gasteiger partial charge in [0.05, 0.1) is 24.5 Å². The minimum absolute atomic E-state index is 0.267. The summed E-state index contributed by atoms with van der Waals surface area (Å²) in [4.78, 5) is 4.09. The third kappa shape index (κ3) is 4.17. The molecule has 0 amide bonds. The van der Waals surface area contributed by atoms with Crippen LogP contribution in [0.3, 0.4) is 0 Å². The van der Waals surface area contributed by atoms with Gasteiger partial charge >= 0.3 is 0 Å². The van der Waals surface area contributed by atoms with E-state index >= 15 is 0 Å². The molecule has 3 aromatic rings. The van der Waals surface area contributed by atoms with Crippen molar-refractivity contribution in [1.82, 2.24) is 9.55 Å². The molecule has 1 fully saturated rings. The molecule has 1 aromatic heterocycles. The summed E-state index contributed by atoms with van der Waals surface area (Å²) in [5.74, 6) is -1.46. The highest BCUT2D eigenvalue weighted by Crippen LogP contribution is 2.43. The Morgan fingerprint density at radius 1 is 1.28 bits per heavy atom. The maximum absolute atomic E-state index is 13.3. The number of hydrogen-bond acceptors (Lipinski definition) is 4. The molecule has 5 nitrogen and oxygen atoms in total. The average Bonchev–Trinajstić information content (AvgIpc) is 3.35. The molecule has 0 radical (unpaired) electrons. The van der Waals surface area contributed by atoms with E-state index in [1.165, 1.54) is 12.1 Å². The van der Waals surface area contributed by atoms with Crippen molar-refractivity contribution in [2.24, 2.45) is 0 Å². The topological polar surface area (TPSA) is 45.5 Å². The van der Waals surface area contributed by atoms with Gasteiger partial charge in [-0.1, -0.05) is 41.4 Å². The first-order valence-electron chi connectivity index (χ1n) is 9.02. The molecule has 1 saturated heterocycles. The molecule has 4 rings (SSSR count). The minimum atomic E-state index is -1.15. The Kier molecular flexibility index (Phi) is 5.90. The predicted molar refractivity (Wildman–Crippen MR) is 107 cm³/mol. The van der Waals surface area contributed by atoms with E-state index < -0.39 is 18.0 Å². The third-order valence-corrected chi connectivity index (χ3v) is 5.45. The van der Waals surface area contributed by atoms with Crippen molar-refractivity contribution in [1.29, 1.82) is 0 Å². The highest BCUT2D eigenvalue weighted by atomic mass is 35.5. The molecule has 8 heteroatoms. The largest absolute Gasteiger partial charge is 0.374 e. The van der Waals surface area contributed by atoms with Gasteiger partial charge in [-0.15, -0.1) is 0 Å². The SMILES string of the molecule is COC(c1ccc(F)cc1)[C@@H]1CO[C@@](Cn2ccnc2)(c2ccc(Cl)cc2Cl)O1. The van der Waals surface area contributed by atoms with E-state index in [0.717, 1.165) is 5.56 Å². The molecule has 3 atom stereocenters. The number of methoxy groups -OCH3 is 1. The molecule has 2 aromatic carbocycles.